The van der Waals surface area contributed by atoms with Crippen LogP contribution < -0.4 is 0 Å². The number of carbonyl (C=O) groups is 2. The van der Waals surface area contributed by atoms with Gasteiger partial charge in [0.15, 0.2) is 0 Å². The van der Waals surface area contributed by atoms with E-state index in [2.05, 4.69) is 0 Å². The first-order chi connectivity index (χ1) is 6.88. The van der Waals surface area contributed by atoms with Crippen molar-refractivity contribution in [3.8, 4) is 0 Å². The SMILES string of the molecule is CC(O)C1(C)C=C(C(=O)O)N2C(=O)C[C@H]21. The van der Waals surface area contributed by atoms with Crippen LogP contribution in [0.1, 0.15) is 20.3 Å². The zero-order valence-corrected chi connectivity index (χ0v) is 8.60. The number of aliphatic carboxylic acids is 1. The fourth-order valence-corrected chi connectivity index (χ4v) is 2.24. The number of nitrogens with zero attached hydrogens (tertiary/aromatic N) is 1. The number of amides is 1. The summed E-state index contributed by atoms with van der Waals surface area (Å²) in [7, 11) is 0. The molecule has 2 aliphatic heterocycles. The van der Waals surface area contributed by atoms with Crippen LogP contribution in [0.25, 0.3) is 0 Å². The van der Waals surface area contributed by atoms with E-state index in [9.17, 15) is 14.7 Å². The summed E-state index contributed by atoms with van der Waals surface area (Å²) in [6, 6.07) is -0.198. The van der Waals surface area contributed by atoms with Gasteiger partial charge in [-0.15, -0.1) is 0 Å². The van der Waals surface area contributed by atoms with Gasteiger partial charge in [0.25, 0.3) is 0 Å². The third-order valence-electron chi connectivity index (χ3n) is 3.49. The number of rotatable bonds is 2. The first-order valence-electron chi connectivity index (χ1n) is 4.84. The molecule has 2 heterocycles. The van der Waals surface area contributed by atoms with Crippen molar-refractivity contribution >= 4 is 11.9 Å². The van der Waals surface area contributed by atoms with Crippen molar-refractivity contribution in [2.75, 3.05) is 0 Å². The van der Waals surface area contributed by atoms with Gasteiger partial charge in [-0.2, -0.15) is 0 Å². The van der Waals surface area contributed by atoms with Crippen LogP contribution in [0.15, 0.2) is 11.8 Å². The summed E-state index contributed by atoms with van der Waals surface area (Å²) in [5.41, 5.74) is -0.638. The summed E-state index contributed by atoms with van der Waals surface area (Å²) in [6.07, 6.45) is 1.14. The summed E-state index contributed by atoms with van der Waals surface area (Å²) in [5.74, 6) is -1.30. The topological polar surface area (TPSA) is 77.8 Å². The Morgan fingerprint density at radius 1 is 1.73 bits per heavy atom. The molecule has 0 spiro atoms. The van der Waals surface area contributed by atoms with Gasteiger partial charge in [0.1, 0.15) is 5.70 Å². The molecule has 0 aliphatic carbocycles. The molecule has 2 unspecified atom stereocenters. The Bertz CT molecular complexity index is 374. The molecule has 0 saturated carbocycles. The van der Waals surface area contributed by atoms with Crippen molar-refractivity contribution in [2.45, 2.75) is 32.4 Å². The maximum absolute atomic E-state index is 11.3. The summed E-state index contributed by atoms with van der Waals surface area (Å²) in [6.45, 7) is 3.39. The summed E-state index contributed by atoms with van der Waals surface area (Å²) >= 11 is 0. The van der Waals surface area contributed by atoms with E-state index in [4.69, 9.17) is 5.11 Å². The Hall–Kier alpha value is -1.36. The number of fused-ring (bicyclic) bond motifs is 1. The third kappa shape index (κ3) is 1.13. The number of carboxylic acids is 1. The van der Waals surface area contributed by atoms with Crippen LogP contribution in [0, 0.1) is 5.41 Å². The second-order valence-electron chi connectivity index (χ2n) is 4.36. The van der Waals surface area contributed by atoms with Crippen LogP contribution in [0.5, 0.6) is 0 Å². The summed E-state index contributed by atoms with van der Waals surface area (Å²) < 4.78 is 0. The van der Waals surface area contributed by atoms with E-state index < -0.39 is 17.5 Å². The molecule has 5 heteroatoms. The number of aliphatic hydroxyl groups is 1. The highest BCUT2D eigenvalue weighted by Gasteiger charge is 2.56. The molecule has 0 aromatic rings. The molecular formula is C10H13NO4. The molecule has 82 valence electrons. The maximum atomic E-state index is 11.3. The molecule has 0 aromatic heterocycles. The number of β-lactam (4-membered cyclic amide) rings is 1. The van der Waals surface area contributed by atoms with E-state index in [0.29, 0.717) is 6.42 Å². The lowest BCUT2D eigenvalue weighted by Gasteiger charge is -2.44. The zero-order chi connectivity index (χ0) is 11.4. The minimum atomic E-state index is -1.11. The number of hydrogen-bond donors (Lipinski definition) is 2. The monoisotopic (exact) mass is 211 g/mol. The normalized spacial score (nSPS) is 35.7. The van der Waals surface area contributed by atoms with E-state index in [1.165, 1.54) is 11.0 Å². The lowest BCUT2D eigenvalue weighted by molar-refractivity contribution is -0.152. The van der Waals surface area contributed by atoms with Gasteiger partial charge in [0.2, 0.25) is 5.91 Å². The number of carboxylic acid groups (broad SMARTS) is 1. The van der Waals surface area contributed by atoms with Crippen molar-refractivity contribution in [3.63, 3.8) is 0 Å². The lowest BCUT2D eigenvalue weighted by Crippen LogP contribution is -2.57. The highest BCUT2D eigenvalue weighted by atomic mass is 16.4. The standard InChI is InChI=1S/C10H13NO4/c1-5(12)10(2)4-6(9(14)15)11-7(10)3-8(11)13/h4-5,7,12H,3H2,1-2H3,(H,14,15)/t5?,7-,10?/m0/s1. The van der Waals surface area contributed by atoms with Crippen LogP contribution >= 0.6 is 0 Å². The van der Waals surface area contributed by atoms with Crippen molar-refractivity contribution < 1.29 is 19.8 Å². The first-order valence-corrected chi connectivity index (χ1v) is 4.84. The second kappa shape index (κ2) is 2.82. The average molecular weight is 211 g/mol. The highest BCUT2D eigenvalue weighted by Crippen LogP contribution is 2.47. The molecule has 15 heavy (non-hydrogen) atoms. The maximum Gasteiger partial charge on any atom is 0.352 e. The van der Waals surface area contributed by atoms with E-state index in [1.54, 1.807) is 13.8 Å². The molecule has 1 saturated heterocycles. The van der Waals surface area contributed by atoms with Crippen molar-refractivity contribution in [2.24, 2.45) is 5.41 Å². The molecular weight excluding hydrogens is 198 g/mol. The van der Waals surface area contributed by atoms with Gasteiger partial charge in [-0.25, -0.2) is 4.79 Å². The summed E-state index contributed by atoms with van der Waals surface area (Å²) in [4.78, 5) is 23.5. The van der Waals surface area contributed by atoms with Gasteiger partial charge < -0.3 is 15.1 Å². The fourth-order valence-electron chi connectivity index (χ4n) is 2.24. The third-order valence-corrected chi connectivity index (χ3v) is 3.49. The predicted octanol–water partition coefficient (Wildman–Crippen LogP) is -0.0435. The minimum Gasteiger partial charge on any atom is -0.477 e. The van der Waals surface area contributed by atoms with Crippen LogP contribution in [0.3, 0.4) is 0 Å². The Labute approximate surface area is 87.0 Å². The van der Waals surface area contributed by atoms with E-state index in [1.807, 2.05) is 0 Å². The van der Waals surface area contributed by atoms with Gasteiger partial charge in [-0.3, -0.25) is 4.79 Å². The van der Waals surface area contributed by atoms with E-state index >= 15 is 0 Å². The Balaban J connectivity index is 2.40. The molecule has 0 radical (unpaired) electrons. The fraction of sp³-hybridized carbons (Fsp3) is 0.600. The van der Waals surface area contributed by atoms with Crippen LogP contribution in [0.2, 0.25) is 0 Å². The van der Waals surface area contributed by atoms with Crippen molar-refractivity contribution in [3.05, 3.63) is 11.8 Å². The average Bonchev–Trinajstić information content (AvgIpc) is 2.36. The lowest BCUT2D eigenvalue weighted by atomic mass is 9.75. The number of carbonyl (C=O) groups excluding carboxylic acids is 1. The molecule has 1 fully saturated rings. The molecule has 1 amide bonds. The Morgan fingerprint density at radius 2 is 2.33 bits per heavy atom. The summed E-state index contributed by atoms with van der Waals surface area (Å²) in [5, 5.41) is 18.6. The van der Waals surface area contributed by atoms with E-state index in [0.717, 1.165) is 0 Å². The first kappa shape index (κ1) is 10.2. The molecule has 2 rings (SSSR count). The Morgan fingerprint density at radius 3 is 2.67 bits per heavy atom. The molecule has 0 aromatic carbocycles. The highest BCUT2D eigenvalue weighted by molar-refractivity contribution is 5.98. The zero-order valence-electron chi connectivity index (χ0n) is 8.60. The van der Waals surface area contributed by atoms with E-state index in [-0.39, 0.29) is 17.6 Å². The van der Waals surface area contributed by atoms with Crippen LogP contribution in [0.4, 0.5) is 0 Å². The largest absolute Gasteiger partial charge is 0.477 e. The number of aliphatic hydroxyl groups excluding tert-OH is 1. The molecule has 0 bridgehead atoms. The predicted molar refractivity (Wildman–Crippen MR) is 50.8 cm³/mol. The van der Waals surface area contributed by atoms with Gasteiger partial charge in [-0.1, -0.05) is 6.92 Å². The van der Waals surface area contributed by atoms with Crippen LogP contribution in [-0.2, 0) is 9.59 Å². The van der Waals surface area contributed by atoms with Gasteiger partial charge >= 0.3 is 5.97 Å². The van der Waals surface area contributed by atoms with Gasteiger partial charge in [0, 0.05) is 11.8 Å². The Kier molecular flexibility index (Phi) is 1.91. The smallest absolute Gasteiger partial charge is 0.352 e. The molecule has 2 N–H and O–H groups in total. The quantitative estimate of drug-likeness (QED) is 0.628. The number of hydrogen-bond acceptors (Lipinski definition) is 3. The molecule has 3 atom stereocenters. The van der Waals surface area contributed by atoms with Gasteiger partial charge in [-0.05, 0) is 13.0 Å². The minimum absolute atomic E-state index is 0.000324. The second-order valence-corrected chi connectivity index (χ2v) is 4.36. The molecule has 2 aliphatic rings. The molecule has 5 nitrogen and oxygen atoms in total. The van der Waals surface area contributed by atoms with Gasteiger partial charge in [0.05, 0.1) is 12.1 Å². The van der Waals surface area contributed by atoms with Crippen molar-refractivity contribution in [1.82, 2.24) is 4.90 Å². The van der Waals surface area contributed by atoms with Crippen molar-refractivity contribution in [1.29, 1.82) is 0 Å². The van der Waals surface area contributed by atoms with Crippen LogP contribution in [-0.4, -0.2) is 39.1 Å².